The highest BCUT2D eigenvalue weighted by Gasteiger charge is 1.96. The third kappa shape index (κ3) is 1.59. The van der Waals surface area contributed by atoms with Crippen LogP contribution < -0.4 is 0 Å². The van der Waals surface area contributed by atoms with Crippen LogP contribution in [0.1, 0.15) is 23.6 Å². The van der Waals surface area contributed by atoms with Gasteiger partial charge in [-0.25, -0.2) is 0 Å². The molecule has 0 aromatic heterocycles. The van der Waals surface area contributed by atoms with Gasteiger partial charge in [0.15, 0.2) is 0 Å². The number of rotatable bonds is 1. The maximum Gasteiger partial charge on any atom is 0.0991 e. The fourth-order valence-corrected chi connectivity index (χ4v) is 1.12. The highest BCUT2D eigenvalue weighted by atomic mass is 14.2. The van der Waals surface area contributed by atoms with E-state index < -0.39 is 0 Å². The fraction of sp³-hybridized carbons (Fsp3) is 0.300. The molecule has 1 nitrogen and oxygen atoms in total. The van der Waals surface area contributed by atoms with E-state index in [9.17, 15) is 0 Å². The summed E-state index contributed by atoms with van der Waals surface area (Å²) in [4.78, 5) is 0. The molecule has 0 radical (unpaired) electrons. The number of aryl methyl sites for hydroxylation is 2. The van der Waals surface area contributed by atoms with Crippen molar-refractivity contribution in [3.05, 3.63) is 34.9 Å². The van der Waals surface area contributed by atoms with E-state index in [-0.39, 0.29) is 0 Å². The molecular weight excluding hydrogens is 134 g/mol. The van der Waals surface area contributed by atoms with E-state index in [0.29, 0.717) is 0 Å². The Hall–Kier alpha value is -1.29. The van der Waals surface area contributed by atoms with Crippen LogP contribution in [0.15, 0.2) is 18.2 Å². The zero-order chi connectivity index (χ0) is 8.27. The second kappa shape index (κ2) is 3.21. The summed E-state index contributed by atoms with van der Waals surface area (Å²) in [5.74, 6) is 0. The molecule has 0 fully saturated rings. The first kappa shape index (κ1) is 7.81. The summed E-state index contributed by atoms with van der Waals surface area (Å²) in [5.41, 5.74) is 3.29. The van der Waals surface area contributed by atoms with Crippen LogP contribution in [0, 0.1) is 18.3 Å². The van der Waals surface area contributed by atoms with Gasteiger partial charge in [-0.15, -0.1) is 0 Å². The zero-order valence-corrected chi connectivity index (χ0v) is 6.89. The SMILES string of the molecule is CCc1cc(C#N)ccc1C. The molecular formula is C10H11N. The summed E-state index contributed by atoms with van der Waals surface area (Å²) in [6, 6.07) is 7.94. The van der Waals surface area contributed by atoms with E-state index in [4.69, 9.17) is 5.26 Å². The molecule has 0 N–H and O–H groups in total. The molecule has 1 heteroatoms. The van der Waals surface area contributed by atoms with E-state index in [1.54, 1.807) is 0 Å². The number of nitriles is 1. The Morgan fingerprint density at radius 1 is 1.45 bits per heavy atom. The molecule has 1 rings (SSSR count). The molecule has 1 aromatic rings. The number of hydrogen-bond donors (Lipinski definition) is 0. The topological polar surface area (TPSA) is 23.8 Å². The van der Waals surface area contributed by atoms with Crippen molar-refractivity contribution in [2.75, 3.05) is 0 Å². The van der Waals surface area contributed by atoms with Crippen LogP contribution in [0.5, 0.6) is 0 Å². The Bertz CT molecular complexity index is 294. The van der Waals surface area contributed by atoms with Gasteiger partial charge in [0.1, 0.15) is 0 Å². The molecule has 0 spiro atoms. The maximum atomic E-state index is 8.60. The molecule has 0 bridgehead atoms. The molecule has 0 heterocycles. The largest absolute Gasteiger partial charge is 0.192 e. The van der Waals surface area contributed by atoms with Crippen molar-refractivity contribution in [3.63, 3.8) is 0 Å². The van der Waals surface area contributed by atoms with Crippen LogP contribution >= 0.6 is 0 Å². The molecule has 0 amide bonds. The van der Waals surface area contributed by atoms with Gasteiger partial charge < -0.3 is 0 Å². The predicted octanol–water partition coefficient (Wildman–Crippen LogP) is 2.43. The van der Waals surface area contributed by atoms with E-state index >= 15 is 0 Å². The van der Waals surface area contributed by atoms with Crippen LogP contribution in [0.4, 0.5) is 0 Å². The third-order valence-corrected chi connectivity index (χ3v) is 1.86. The second-order valence-electron chi connectivity index (χ2n) is 2.61. The third-order valence-electron chi connectivity index (χ3n) is 1.86. The lowest BCUT2D eigenvalue weighted by molar-refractivity contribution is 1.11. The summed E-state index contributed by atoms with van der Waals surface area (Å²) in [6.07, 6.45) is 1.00. The normalized spacial score (nSPS) is 9.18. The summed E-state index contributed by atoms with van der Waals surface area (Å²) in [6.45, 7) is 4.17. The zero-order valence-electron chi connectivity index (χ0n) is 6.89. The van der Waals surface area contributed by atoms with Gasteiger partial charge in [-0.05, 0) is 36.6 Å². The first-order chi connectivity index (χ1) is 5.27. The lowest BCUT2D eigenvalue weighted by atomic mass is 10.0. The van der Waals surface area contributed by atoms with E-state index in [1.165, 1.54) is 11.1 Å². The second-order valence-corrected chi connectivity index (χ2v) is 2.61. The van der Waals surface area contributed by atoms with Crippen LogP contribution in [0.3, 0.4) is 0 Å². The van der Waals surface area contributed by atoms with Crippen LogP contribution in [-0.4, -0.2) is 0 Å². The van der Waals surface area contributed by atoms with Crippen molar-refractivity contribution >= 4 is 0 Å². The molecule has 0 saturated carbocycles. The van der Waals surface area contributed by atoms with Gasteiger partial charge in [0, 0.05) is 0 Å². The van der Waals surface area contributed by atoms with Gasteiger partial charge in [-0.2, -0.15) is 5.26 Å². The molecule has 0 aliphatic rings. The Labute approximate surface area is 67.3 Å². The number of hydrogen-bond acceptors (Lipinski definition) is 1. The van der Waals surface area contributed by atoms with E-state index in [2.05, 4.69) is 19.9 Å². The molecule has 0 aliphatic carbocycles. The molecule has 11 heavy (non-hydrogen) atoms. The average molecular weight is 145 g/mol. The van der Waals surface area contributed by atoms with E-state index in [0.717, 1.165) is 12.0 Å². The number of benzene rings is 1. The van der Waals surface area contributed by atoms with Gasteiger partial charge in [-0.1, -0.05) is 13.0 Å². The van der Waals surface area contributed by atoms with E-state index in [1.807, 2.05) is 18.2 Å². The molecule has 56 valence electrons. The minimum Gasteiger partial charge on any atom is -0.192 e. The molecule has 0 unspecified atom stereocenters. The van der Waals surface area contributed by atoms with Crippen molar-refractivity contribution in [2.24, 2.45) is 0 Å². The highest BCUT2D eigenvalue weighted by Crippen LogP contribution is 2.10. The summed E-state index contributed by atoms with van der Waals surface area (Å²) in [7, 11) is 0. The summed E-state index contributed by atoms with van der Waals surface area (Å²) < 4.78 is 0. The van der Waals surface area contributed by atoms with Crippen molar-refractivity contribution < 1.29 is 0 Å². The van der Waals surface area contributed by atoms with Gasteiger partial charge >= 0.3 is 0 Å². The van der Waals surface area contributed by atoms with Crippen molar-refractivity contribution in [3.8, 4) is 6.07 Å². The minimum absolute atomic E-state index is 0.757. The standard InChI is InChI=1S/C10H11N/c1-3-10-6-9(7-11)5-4-8(10)2/h4-6H,3H2,1-2H3. The predicted molar refractivity (Wildman–Crippen MR) is 45.3 cm³/mol. The molecule has 0 atom stereocenters. The summed E-state index contributed by atoms with van der Waals surface area (Å²) >= 11 is 0. The molecule has 0 saturated heterocycles. The smallest absolute Gasteiger partial charge is 0.0991 e. The lowest BCUT2D eigenvalue weighted by Crippen LogP contribution is -1.86. The number of nitrogens with zero attached hydrogens (tertiary/aromatic N) is 1. The van der Waals surface area contributed by atoms with Gasteiger partial charge in [0.2, 0.25) is 0 Å². The monoisotopic (exact) mass is 145 g/mol. The Kier molecular flexibility index (Phi) is 2.28. The maximum absolute atomic E-state index is 8.60. The fourth-order valence-electron chi connectivity index (χ4n) is 1.12. The molecule has 1 aromatic carbocycles. The quantitative estimate of drug-likeness (QED) is 0.595. The highest BCUT2D eigenvalue weighted by molar-refractivity contribution is 5.37. The minimum atomic E-state index is 0.757. The van der Waals surface area contributed by atoms with Gasteiger partial charge in [-0.3, -0.25) is 0 Å². The van der Waals surface area contributed by atoms with Crippen LogP contribution in [0.2, 0.25) is 0 Å². The van der Waals surface area contributed by atoms with Crippen LogP contribution in [-0.2, 0) is 6.42 Å². The Balaban J connectivity index is 3.15. The van der Waals surface area contributed by atoms with Gasteiger partial charge in [0.05, 0.1) is 11.6 Å². The lowest BCUT2D eigenvalue weighted by Gasteiger charge is -2.01. The Morgan fingerprint density at radius 2 is 2.18 bits per heavy atom. The summed E-state index contributed by atoms with van der Waals surface area (Å²) in [5, 5.41) is 8.60. The van der Waals surface area contributed by atoms with Gasteiger partial charge in [0.25, 0.3) is 0 Å². The first-order valence-corrected chi connectivity index (χ1v) is 3.77. The van der Waals surface area contributed by atoms with Crippen LogP contribution in [0.25, 0.3) is 0 Å². The molecule has 0 aliphatic heterocycles. The van der Waals surface area contributed by atoms with Crippen molar-refractivity contribution in [2.45, 2.75) is 20.3 Å². The van der Waals surface area contributed by atoms with Crippen molar-refractivity contribution in [1.82, 2.24) is 0 Å². The first-order valence-electron chi connectivity index (χ1n) is 3.77. The Morgan fingerprint density at radius 3 is 2.73 bits per heavy atom. The average Bonchev–Trinajstić information content (AvgIpc) is 2.05. The van der Waals surface area contributed by atoms with Crippen molar-refractivity contribution in [1.29, 1.82) is 5.26 Å².